The van der Waals surface area contributed by atoms with Gasteiger partial charge in [-0.3, -0.25) is 0 Å². The van der Waals surface area contributed by atoms with Crippen LogP contribution in [-0.4, -0.2) is 29.7 Å². The quantitative estimate of drug-likeness (QED) is 0.818. The SMILES string of the molecule is NC/C=C(/F)COC1=NC2C=CC=CC2S1. The molecule has 1 aliphatic carbocycles. The van der Waals surface area contributed by atoms with Crippen molar-refractivity contribution < 1.29 is 9.13 Å². The molecule has 1 heterocycles. The molecule has 3 nitrogen and oxygen atoms in total. The summed E-state index contributed by atoms with van der Waals surface area (Å²) in [7, 11) is 0. The molecule has 0 aromatic rings. The smallest absolute Gasteiger partial charge is 0.247 e. The second kappa shape index (κ2) is 5.32. The number of ether oxygens (including phenoxy) is 1. The van der Waals surface area contributed by atoms with Crippen LogP contribution < -0.4 is 5.73 Å². The van der Waals surface area contributed by atoms with Crippen molar-refractivity contribution in [2.24, 2.45) is 10.7 Å². The number of aliphatic imine (C=N–C) groups is 1. The van der Waals surface area contributed by atoms with E-state index < -0.39 is 0 Å². The molecule has 2 N–H and O–H groups in total. The largest absolute Gasteiger partial charge is 0.466 e. The van der Waals surface area contributed by atoms with Gasteiger partial charge in [-0.15, -0.1) is 0 Å². The zero-order valence-electron chi connectivity index (χ0n) is 8.67. The molecule has 2 aliphatic rings. The van der Waals surface area contributed by atoms with Crippen LogP contribution in [0, 0.1) is 0 Å². The maximum atomic E-state index is 13.0. The second-order valence-corrected chi connectivity index (χ2v) is 4.54. The third-order valence-corrected chi connectivity index (χ3v) is 3.35. The van der Waals surface area contributed by atoms with E-state index in [0.717, 1.165) is 0 Å². The summed E-state index contributed by atoms with van der Waals surface area (Å²) in [5.74, 6) is -0.355. The van der Waals surface area contributed by atoms with Crippen LogP contribution in [0.25, 0.3) is 0 Å². The zero-order chi connectivity index (χ0) is 11.4. The fourth-order valence-corrected chi connectivity index (χ4v) is 2.46. The van der Waals surface area contributed by atoms with E-state index in [2.05, 4.69) is 11.1 Å². The van der Waals surface area contributed by atoms with Crippen LogP contribution in [0.15, 0.2) is 41.2 Å². The lowest BCUT2D eigenvalue weighted by Gasteiger charge is -2.10. The van der Waals surface area contributed by atoms with Crippen LogP contribution in [-0.2, 0) is 4.74 Å². The Kier molecular flexibility index (Phi) is 3.79. The summed E-state index contributed by atoms with van der Waals surface area (Å²) in [6.45, 7) is 0.0987. The lowest BCUT2D eigenvalue weighted by atomic mass is 10.1. The van der Waals surface area contributed by atoms with E-state index in [4.69, 9.17) is 10.5 Å². The average molecular weight is 240 g/mol. The number of thioether (sulfide) groups is 1. The number of fused-ring (bicyclic) bond motifs is 1. The molecule has 0 saturated heterocycles. The first-order chi connectivity index (χ1) is 7.79. The van der Waals surface area contributed by atoms with Crippen molar-refractivity contribution in [1.29, 1.82) is 0 Å². The topological polar surface area (TPSA) is 47.6 Å². The fourth-order valence-electron chi connectivity index (χ4n) is 1.46. The van der Waals surface area contributed by atoms with Gasteiger partial charge in [0.1, 0.15) is 12.4 Å². The van der Waals surface area contributed by atoms with E-state index in [-0.39, 0.29) is 25.0 Å². The van der Waals surface area contributed by atoms with Crippen LogP contribution in [0.4, 0.5) is 4.39 Å². The van der Waals surface area contributed by atoms with Crippen LogP contribution >= 0.6 is 11.8 Å². The highest BCUT2D eigenvalue weighted by Crippen LogP contribution is 2.31. The maximum Gasteiger partial charge on any atom is 0.247 e. The minimum atomic E-state index is -0.355. The molecule has 1 aliphatic heterocycles. The highest BCUT2D eigenvalue weighted by atomic mass is 32.2. The fraction of sp³-hybridized carbons (Fsp3) is 0.364. The molecular formula is C11H13FN2OS. The summed E-state index contributed by atoms with van der Waals surface area (Å²) in [4.78, 5) is 4.34. The van der Waals surface area contributed by atoms with Gasteiger partial charge >= 0.3 is 0 Å². The molecule has 0 radical (unpaired) electrons. The normalized spacial score (nSPS) is 27.9. The summed E-state index contributed by atoms with van der Waals surface area (Å²) < 4.78 is 18.2. The number of allylic oxidation sites excluding steroid dienone is 2. The van der Waals surface area contributed by atoms with Crippen LogP contribution in [0.3, 0.4) is 0 Å². The molecule has 2 atom stereocenters. The van der Waals surface area contributed by atoms with E-state index in [9.17, 15) is 4.39 Å². The summed E-state index contributed by atoms with van der Waals surface area (Å²) in [5.41, 5.74) is 5.18. The van der Waals surface area contributed by atoms with E-state index in [0.29, 0.717) is 10.5 Å². The highest BCUT2D eigenvalue weighted by molar-refractivity contribution is 8.14. The first kappa shape index (κ1) is 11.4. The van der Waals surface area contributed by atoms with Gasteiger partial charge in [-0.05, 0) is 6.08 Å². The Morgan fingerprint density at radius 2 is 2.38 bits per heavy atom. The molecule has 0 saturated carbocycles. The second-order valence-electron chi connectivity index (χ2n) is 3.41. The van der Waals surface area contributed by atoms with Gasteiger partial charge in [-0.25, -0.2) is 9.38 Å². The predicted octanol–water partition coefficient (Wildman–Crippen LogP) is 1.78. The van der Waals surface area contributed by atoms with Crippen molar-refractivity contribution in [3.05, 3.63) is 36.2 Å². The van der Waals surface area contributed by atoms with E-state index in [1.54, 1.807) is 0 Å². The summed E-state index contributed by atoms with van der Waals surface area (Å²) in [6, 6.07) is 0.131. The molecule has 0 spiro atoms. The van der Waals surface area contributed by atoms with E-state index >= 15 is 0 Å². The first-order valence-electron chi connectivity index (χ1n) is 5.06. The van der Waals surface area contributed by atoms with Gasteiger partial charge in [0.2, 0.25) is 5.23 Å². The van der Waals surface area contributed by atoms with Crippen molar-refractivity contribution in [1.82, 2.24) is 0 Å². The minimum Gasteiger partial charge on any atom is -0.466 e. The van der Waals surface area contributed by atoms with Crippen molar-refractivity contribution in [2.75, 3.05) is 13.2 Å². The Labute approximate surface area is 97.9 Å². The van der Waals surface area contributed by atoms with Gasteiger partial charge in [0, 0.05) is 6.54 Å². The Balaban J connectivity index is 1.86. The van der Waals surface area contributed by atoms with E-state index in [1.807, 2.05) is 18.2 Å². The average Bonchev–Trinajstić information content (AvgIpc) is 2.69. The summed E-state index contributed by atoms with van der Waals surface area (Å²) >= 11 is 1.52. The van der Waals surface area contributed by atoms with E-state index in [1.165, 1.54) is 17.8 Å². The molecule has 5 heteroatoms. The lowest BCUT2D eigenvalue weighted by molar-refractivity contribution is 0.315. The summed E-state index contributed by atoms with van der Waals surface area (Å²) in [5, 5.41) is 0.841. The number of hydrogen-bond donors (Lipinski definition) is 1. The van der Waals surface area contributed by atoms with Gasteiger partial charge in [0.25, 0.3) is 0 Å². The third kappa shape index (κ3) is 2.74. The molecular weight excluding hydrogens is 227 g/mol. The number of nitrogens with zero attached hydrogens (tertiary/aromatic N) is 1. The Hall–Kier alpha value is -1.07. The molecule has 0 aromatic heterocycles. The van der Waals surface area contributed by atoms with Crippen LogP contribution in [0.2, 0.25) is 0 Å². The molecule has 0 amide bonds. The van der Waals surface area contributed by atoms with Gasteiger partial charge in [0.05, 0.1) is 11.3 Å². The maximum absolute atomic E-state index is 13.0. The number of rotatable bonds is 3. The Morgan fingerprint density at radius 3 is 3.12 bits per heavy atom. The molecule has 2 unspecified atom stereocenters. The van der Waals surface area contributed by atoms with Crippen molar-refractivity contribution in [3.63, 3.8) is 0 Å². The molecule has 0 fully saturated rings. The molecule has 0 aromatic carbocycles. The predicted molar refractivity (Wildman–Crippen MR) is 65.1 cm³/mol. The van der Waals surface area contributed by atoms with Gasteiger partial charge < -0.3 is 10.5 Å². The van der Waals surface area contributed by atoms with Crippen molar-refractivity contribution >= 4 is 17.0 Å². The van der Waals surface area contributed by atoms with Crippen molar-refractivity contribution in [2.45, 2.75) is 11.3 Å². The van der Waals surface area contributed by atoms with Crippen LogP contribution in [0.5, 0.6) is 0 Å². The molecule has 0 bridgehead atoms. The molecule has 16 heavy (non-hydrogen) atoms. The molecule has 86 valence electrons. The number of halogens is 1. The van der Waals surface area contributed by atoms with Gasteiger partial charge in [-0.2, -0.15) is 0 Å². The number of hydrogen-bond acceptors (Lipinski definition) is 4. The zero-order valence-corrected chi connectivity index (χ0v) is 9.49. The highest BCUT2D eigenvalue weighted by Gasteiger charge is 2.28. The number of nitrogens with two attached hydrogens (primary N) is 1. The monoisotopic (exact) mass is 240 g/mol. The Bertz CT molecular complexity index is 376. The Morgan fingerprint density at radius 1 is 1.56 bits per heavy atom. The van der Waals surface area contributed by atoms with Crippen LogP contribution in [0.1, 0.15) is 0 Å². The summed E-state index contributed by atoms with van der Waals surface area (Å²) in [6.07, 6.45) is 9.33. The van der Waals surface area contributed by atoms with Gasteiger partial charge in [-0.1, -0.05) is 36.1 Å². The standard InChI is InChI=1S/C11H13FN2OS/c12-8(5-6-13)7-15-11-14-9-3-1-2-4-10(9)16-11/h1-5,9-10H,6-7,13H2/b8-5+. The van der Waals surface area contributed by atoms with Gasteiger partial charge in [0.15, 0.2) is 0 Å². The van der Waals surface area contributed by atoms with Crippen molar-refractivity contribution in [3.8, 4) is 0 Å². The first-order valence-corrected chi connectivity index (χ1v) is 5.94. The third-order valence-electron chi connectivity index (χ3n) is 2.22. The molecule has 2 rings (SSSR count). The minimum absolute atomic E-state index is 0.0874. The lowest BCUT2D eigenvalue weighted by Crippen LogP contribution is -2.13.